The predicted octanol–water partition coefficient (Wildman–Crippen LogP) is 0.277. The van der Waals surface area contributed by atoms with E-state index in [-0.39, 0.29) is 24.0 Å². The maximum atomic E-state index is 11.9. The van der Waals surface area contributed by atoms with E-state index in [4.69, 9.17) is 4.74 Å². The maximum absolute atomic E-state index is 11.9. The van der Waals surface area contributed by atoms with Crippen LogP contribution in [0.3, 0.4) is 0 Å². The Labute approximate surface area is 109 Å². The summed E-state index contributed by atoms with van der Waals surface area (Å²) in [6.07, 6.45) is 2.22. The topological polar surface area (TPSA) is 70.6 Å². The molecular formula is C13H26N2O3. The number of amides is 1. The number of hydrogen-bond acceptors (Lipinski definition) is 4. The number of nitrogens with one attached hydrogen (secondary N) is 2. The van der Waals surface area contributed by atoms with E-state index in [2.05, 4.69) is 24.5 Å². The van der Waals surface area contributed by atoms with Crippen LogP contribution in [0.1, 0.15) is 33.1 Å². The zero-order valence-electron chi connectivity index (χ0n) is 11.6. The highest BCUT2D eigenvalue weighted by atomic mass is 16.5. The fourth-order valence-electron chi connectivity index (χ4n) is 2.41. The molecule has 0 aliphatic carbocycles. The number of aliphatic hydroxyl groups is 1. The molecular weight excluding hydrogens is 232 g/mol. The Bertz CT molecular complexity index is 257. The molecule has 3 N–H and O–H groups in total. The summed E-state index contributed by atoms with van der Waals surface area (Å²) in [6, 6.07) is -0.191. The van der Waals surface area contributed by atoms with Gasteiger partial charge in [-0.25, -0.2) is 0 Å². The standard InChI is InChI=1S/C13H26N2O3/c1-4-9(5-2)12(16)8-15-13(17)11-6-10(18-3)7-14-11/h9-12,14,16H,4-8H2,1-3H3,(H,15,17). The molecule has 1 aliphatic heterocycles. The molecule has 0 aromatic carbocycles. The van der Waals surface area contributed by atoms with E-state index in [1.807, 2.05) is 0 Å². The van der Waals surface area contributed by atoms with Crippen LogP contribution >= 0.6 is 0 Å². The molecule has 1 fully saturated rings. The first-order chi connectivity index (χ1) is 8.62. The molecule has 18 heavy (non-hydrogen) atoms. The number of aliphatic hydroxyl groups excluding tert-OH is 1. The van der Waals surface area contributed by atoms with Gasteiger partial charge in [-0.1, -0.05) is 26.7 Å². The highest BCUT2D eigenvalue weighted by Gasteiger charge is 2.29. The summed E-state index contributed by atoms with van der Waals surface area (Å²) in [5, 5.41) is 15.9. The van der Waals surface area contributed by atoms with E-state index in [0.29, 0.717) is 19.5 Å². The van der Waals surface area contributed by atoms with Gasteiger partial charge >= 0.3 is 0 Å². The van der Waals surface area contributed by atoms with Gasteiger partial charge in [0, 0.05) is 20.2 Å². The van der Waals surface area contributed by atoms with Gasteiger partial charge in [-0.2, -0.15) is 0 Å². The third-order valence-corrected chi connectivity index (χ3v) is 3.82. The summed E-state index contributed by atoms with van der Waals surface area (Å²) in [4.78, 5) is 11.9. The maximum Gasteiger partial charge on any atom is 0.237 e. The van der Waals surface area contributed by atoms with Crippen LogP contribution in [-0.4, -0.2) is 49.5 Å². The summed E-state index contributed by atoms with van der Waals surface area (Å²) in [5.41, 5.74) is 0. The van der Waals surface area contributed by atoms with Gasteiger partial charge in [-0.3, -0.25) is 4.79 Å². The van der Waals surface area contributed by atoms with Crippen LogP contribution in [0.4, 0.5) is 0 Å². The van der Waals surface area contributed by atoms with Crippen molar-refractivity contribution in [2.45, 2.75) is 51.4 Å². The number of ether oxygens (including phenoxy) is 1. The van der Waals surface area contributed by atoms with E-state index in [0.717, 1.165) is 12.8 Å². The third kappa shape index (κ3) is 4.23. The van der Waals surface area contributed by atoms with Gasteiger partial charge in [0.2, 0.25) is 5.91 Å². The summed E-state index contributed by atoms with van der Waals surface area (Å²) < 4.78 is 5.20. The van der Waals surface area contributed by atoms with Crippen LogP contribution in [0.25, 0.3) is 0 Å². The first-order valence-corrected chi connectivity index (χ1v) is 6.84. The monoisotopic (exact) mass is 258 g/mol. The molecule has 1 aliphatic rings. The predicted molar refractivity (Wildman–Crippen MR) is 70.3 cm³/mol. The zero-order valence-corrected chi connectivity index (χ0v) is 11.6. The number of carbonyl (C=O) groups excluding carboxylic acids is 1. The lowest BCUT2D eigenvalue weighted by Crippen LogP contribution is -2.44. The van der Waals surface area contributed by atoms with Gasteiger partial charge in [0.05, 0.1) is 18.2 Å². The van der Waals surface area contributed by atoms with Gasteiger partial charge in [0.15, 0.2) is 0 Å². The number of methoxy groups -OCH3 is 1. The molecule has 1 heterocycles. The Kier molecular flexibility index (Phi) is 6.60. The van der Waals surface area contributed by atoms with Crippen molar-refractivity contribution in [2.75, 3.05) is 20.2 Å². The van der Waals surface area contributed by atoms with Crippen molar-refractivity contribution in [1.82, 2.24) is 10.6 Å². The second-order valence-corrected chi connectivity index (χ2v) is 4.94. The van der Waals surface area contributed by atoms with Crippen molar-refractivity contribution >= 4 is 5.91 Å². The summed E-state index contributed by atoms with van der Waals surface area (Å²) in [5.74, 6) is 0.216. The van der Waals surface area contributed by atoms with E-state index >= 15 is 0 Å². The Morgan fingerprint density at radius 2 is 2.17 bits per heavy atom. The van der Waals surface area contributed by atoms with Gasteiger partial charge in [0.25, 0.3) is 0 Å². The largest absolute Gasteiger partial charge is 0.391 e. The first-order valence-electron chi connectivity index (χ1n) is 6.84. The summed E-state index contributed by atoms with van der Waals surface area (Å²) in [7, 11) is 1.66. The normalized spacial score (nSPS) is 25.4. The number of hydrogen-bond donors (Lipinski definition) is 3. The molecule has 0 radical (unpaired) electrons. The van der Waals surface area contributed by atoms with Gasteiger partial charge in [0.1, 0.15) is 0 Å². The van der Waals surface area contributed by atoms with Crippen LogP contribution in [0, 0.1) is 5.92 Å². The van der Waals surface area contributed by atoms with Gasteiger partial charge in [-0.05, 0) is 12.3 Å². The minimum atomic E-state index is -0.455. The SMILES string of the molecule is CCC(CC)C(O)CNC(=O)C1CC(OC)CN1. The number of rotatable bonds is 7. The molecule has 0 bridgehead atoms. The smallest absolute Gasteiger partial charge is 0.237 e. The molecule has 3 atom stereocenters. The van der Waals surface area contributed by atoms with Crippen LogP contribution in [0.15, 0.2) is 0 Å². The molecule has 1 rings (SSSR count). The molecule has 106 valence electrons. The Balaban J connectivity index is 2.29. The molecule has 0 aromatic heterocycles. The lowest BCUT2D eigenvalue weighted by atomic mass is 9.96. The fraction of sp³-hybridized carbons (Fsp3) is 0.923. The molecule has 5 heteroatoms. The zero-order chi connectivity index (χ0) is 13.5. The molecule has 0 saturated carbocycles. The quantitative estimate of drug-likeness (QED) is 0.613. The minimum Gasteiger partial charge on any atom is -0.391 e. The van der Waals surface area contributed by atoms with Crippen LogP contribution in [-0.2, 0) is 9.53 Å². The fourth-order valence-corrected chi connectivity index (χ4v) is 2.41. The van der Waals surface area contributed by atoms with Crippen molar-refractivity contribution in [3.63, 3.8) is 0 Å². The van der Waals surface area contributed by atoms with Crippen molar-refractivity contribution in [3.05, 3.63) is 0 Å². The molecule has 1 amide bonds. The summed E-state index contributed by atoms with van der Waals surface area (Å²) >= 11 is 0. The second-order valence-electron chi connectivity index (χ2n) is 4.94. The van der Waals surface area contributed by atoms with E-state index in [1.54, 1.807) is 7.11 Å². The second kappa shape index (κ2) is 7.71. The molecule has 0 spiro atoms. The average molecular weight is 258 g/mol. The minimum absolute atomic E-state index is 0.0421. The van der Waals surface area contributed by atoms with Crippen molar-refractivity contribution in [2.24, 2.45) is 5.92 Å². The van der Waals surface area contributed by atoms with Crippen molar-refractivity contribution in [1.29, 1.82) is 0 Å². The molecule has 5 nitrogen and oxygen atoms in total. The molecule has 3 unspecified atom stereocenters. The lowest BCUT2D eigenvalue weighted by Gasteiger charge is -2.21. The highest BCUT2D eigenvalue weighted by Crippen LogP contribution is 2.13. The van der Waals surface area contributed by atoms with E-state index < -0.39 is 6.10 Å². The Hall–Kier alpha value is -0.650. The van der Waals surface area contributed by atoms with Crippen LogP contribution < -0.4 is 10.6 Å². The Morgan fingerprint density at radius 1 is 1.50 bits per heavy atom. The highest BCUT2D eigenvalue weighted by molar-refractivity contribution is 5.82. The average Bonchev–Trinajstić information content (AvgIpc) is 2.86. The van der Waals surface area contributed by atoms with Crippen LogP contribution in [0.5, 0.6) is 0 Å². The third-order valence-electron chi connectivity index (χ3n) is 3.82. The first kappa shape index (κ1) is 15.4. The van der Waals surface area contributed by atoms with Crippen molar-refractivity contribution < 1.29 is 14.6 Å². The van der Waals surface area contributed by atoms with E-state index in [9.17, 15) is 9.90 Å². The summed E-state index contributed by atoms with van der Waals surface area (Å²) in [6.45, 7) is 5.16. The lowest BCUT2D eigenvalue weighted by molar-refractivity contribution is -0.123. The van der Waals surface area contributed by atoms with Gasteiger partial charge < -0.3 is 20.5 Å². The van der Waals surface area contributed by atoms with Gasteiger partial charge in [-0.15, -0.1) is 0 Å². The Morgan fingerprint density at radius 3 is 2.67 bits per heavy atom. The molecule has 0 aromatic rings. The van der Waals surface area contributed by atoms with E-state index in [1.165, 1.54) is 0 Å². The molecule has 1 saturated heterocycles. The number of carbonyl (C=O) groups is 1. The van der Waals surface area contributed by atoms with Crippen LogP contribution in [0.2, 0.25) is 0 Å². The van der Waals surface area contributed by atoms with Crippen molar-refractivity contribution in [3.8, 4) is 0 Å².